The van der Waals surface area contributed by atoms with E-state index >= 15 is 0 Å². The molecule has 0 bridgehead atoms. The number of ether oxygens (including phenoxy) is 1. The van der Waals surface area contributed by atoms with Gasteiger partial charge in [-0.05, 0) is 6.42 Å². The maximum Gasteiger partial charge on any atom is 0.303 e. The van der Waals surface area contributed by atoms with E-state index in [0.29, 0.717) is 19.6 Å². The number of carboxylic acid groups (broad SMARTS) is 1. The largest absolute Gasteiger partial charge is 0.481 e. The van der Waals surface area contributed by atoms with Crippen molar-refractivity contribution in [2.45, 2.75) is 12.8 Å². The summed E-state index contributed by atoms with van der Waals surface area (Å²) in [5.41, 5.74) is 0. The minimum absolute atomic E-state index is 0.202. The maximum absolute atomic E-state index is 10.2. The highest BCUT2D eigenvalue weighted by molar-refractivity contribution is 5.66. The van der Waals surface area contributed by atoms with Gasteiger partial charge in [-0.3, -0.25) is 9.69 Å². The standard InChI is InChI=1S/C10H20N2O3/c13-10(14)2-1-8-15-9-7-12-5-3-11-4-6-12/h11H,1-9H2,(H,13,14). The third kappa shape index (κ3) is 6.43. The second kappa shape index (κ2) is 7.62. The molecular formula is C10H20N2O3. The Hall–Kier alpha value is -0.650. The molecule has 0 spiro atoms. The zero-order valence-electron chi connectivity index (χ0n) is 9.07. The molecule has 88 valence electrons. The van der Waals surface area contributed by atoms with Crippen molar-refractivity contribution in [3.05, 3.63) is 0 Å². The number of hydrogen-bond acceptors (Lipinski definition) is 4. The summed E-state index contributed by atoms with van der Waals surface area (Å²) < 4.78 is 5.36. The lowest BCUT2D eigenvalue weighted by Crippen LogP contribution is -2.44. The Kier molecular flexibility index (Phi) is 6.31. The Morgan fingerprint density at radius 2 is 2.07 bits per heavy atom. The molecule has 1 fully saturated rings. The molecule has 2 N–H and O–H groups in total. The van der Waals surface area contributed by atoms with E-state index < -0.39 is 5.97 Å². The predicted molar refractivity (Wildman–Crippen MR) is 57.0 cm³/mol. The van der Waals surface area contributed by atoms with Gasteiger partial charge in [-0.25, -0.2) is 0 Å². The van der Waals surface area contributed by atoms with Gasteiger partial charge in [0, 0.05) is 45.8 Å². The fourth-order valence-electron chi connectivity index (χ4n) is 1.56. The Morgan fingerprint density at radius 1 is 1.33 bits per heavy atom. The lowest BCUT2D eigenvalue weighted by atomic mass is 10.3. The molecule has 0 aromatic heterocycles. The van der Waals surface area contributed by atoms with Crippen molar-refractivity contribution < 1.29 is 14.6 Å². The van der Waals surface area contributed by atoms with Crippen molar-refractivity contribution >= 4 is 5.97 Å². The molecule has 0 aromatic carbocycles. The monoisotopic (exact) mass is 216 g/mol. The third-order valence-electron chi connectivity index (χ3n) is 2.44. The topological polar surface area (TPSA) is 61.8 Å². The predicted octanol–water partition coefficient (Wildman–Crippen LogP) is -0.227. The highest BCUT2D eigenvalue weighted by atomic mass is 16.5. The SMILES string of the molecule is O=C(O)CCCOCCN1CCNCC1. The van der Waals surface area contributed by atoms with Gasteiger partial charge in [-0.2, -0.15) is 0 Å². The molecule has 1 aliphatic rings. The van der Waals surface area contributed by atoms with E-state index in [4.69, 9.17) is 9.84 Å². The first-order valence-electron chi connectivity index (χ1n) is 5.51. The summed E-state index contributed by atoms with van der Waals surface area (Å²) in [5.74, 6) is -0.749. The van der Waals surface area contributed by atoms with Crippen molar-refractivity contribution in [2.24, 2.45) is 0 Å². The molecule has 1 saturated heterocycles. The molecule has 15 heavy (non-hydrogen) atoms. The number of rotatable bonds is 7. The lowest BCUT2D eigenvalue weighted by Gasteiger charge is -2.26. The zero-order valence-corrected chi connectivity index (χ0v) is 9.07. The minimum Gasteiger partial charge on any atom is -0.481 e. The normalized spacial score (nSPS) is 17.9. The maximum atomic E-state index is 10.2. The van der Waals surface area contributed by atoms with Crippen molar-refractivity contribution in [3.8, 4) is 0 Å². The average molecular weight is 216 g/mol. The number of hydrogen-bond donors (Lipinski definition) is 2. The second-order valence-electron chi connectivity index (χ2n) is 3.70. The summed E-state index contributed by atoms with van der Waals surface area (Å²) in [7, 11) is 0. The number of nitrogens with zero attached hydrogens (tertiary/aromatic N) is 1. The third-order valence-corrected chi connectivity index (χ3v) is 2.44. The molecule has 5 heteroatoms. The van der Waals surface area contributed by atoms with Crippen LogP contribution in [-0.4, -0.2) is 61.9 Å². The molecule has 0 saturated carbocycles. The van der Waals surface area contributed by atoms with Crippen molar-refractivity contribution in [1.29, 1.82) is 0 Å². The van der Waals surface area contributed by atoms with Crippen LogP contribution in [0.3, 0.4) is 0 Å². The van der Waals surface area contributed by atoms with Crippen molar-refractivity contribution in [2.75, 3.05) is 45.9 Å². The van der Waals surface area contributed by atoms with Crippen LogP contribution in [0.15, 0.2) is 0 Å². The van der Waals surface area contributed by atoms with Gasteiger partial charge in [-0.15, -0.1) is 0 Å². The fourth-order valence-corrected chi connectivity index (χ4v) is 1.56. The van der Waals surface area contributed by atoms with Crippen LogP contribution in [0.4, 0.5) is 0 Å². The van der Waals surface area contributed by atoms with Gasteiger partial charge >= 0.3 is 5.97 Å². The summed E-state index contributed by atoms with van der Waals surface area (Å²) in [6.45, 7) is 6.49. The van der Waals surface area contributed by atoms with E-state index in [1.165, 1.54) is 0 Å². The van der Waals surface area contributed by atoms with Gasteiger partial charge in [-0.1, -0.05) is 0 Å². The summed E-state index contributed by atoms with van der Waals surface area (Å²) in [6.07, 6.45) is 0.810. The lowest BCUT2D eigenvalue weighted by molar-refractivity contribution is -0.137. The Balaban J connectivity index is 1.85. The summed E-state index contributed by atoms with van der Waals surface area (Å²) >= 11 is 0. The van der Waals surface area contributed by atoms with Crippen LogP contribution in [0.1, 0.15) is 12.8 Å². The van der Waals surface area contributed by atoms with Crippen LogP contribution in [0.5, 0.6) is 0 Å². The number of carbonyl (C=O) groups is 1. The highest BCUT2D eigenvalue weighted by Crippen LogP contribution is 1.93. The van der Waals surface area contributed by atoms with E-state index in [0.717, 1.165) is 32.7 Å². The van der Waals surface area contributed by atoms with Crippen LogP contribution in [0, 0.1) is 0 Å². The van der Waals surface area contributed by atoms with E-state index in [9.17, 15) is 4.79 Å². The van der Waals surface area contributed by atoms with Gasteiger partial charge in [0.25, 0.3) is 0 Å². The highest BCUT2D eigenvalue weighted by Gasteiger charge is 2.08. The quantitative estimate of drug-likeness (QED) is 0.576. The van der Waals surface area contributed by atoms with Crippen LogP contribution in [0.2, 0.25) is 0 Å². The Morgan fingerprint density at radius 3 is 2.73 bits per heavy atom. The zero-order chi connectivity index (χ0) is 10.9. The molecule has 1 rings (SSSR count). The number of carboxylic acids is 1. The van der Waals surface area contributed by atoms with Gasteiger partial charge in [0.1, 0.15) is 0 Å². The summed E-state index contributed by atoms with van der Waals surface area (Å²) in [5, 5.41) is 11.7. The van der Waals surface area contributed by atoms with Crippen LogP contribution in [0.25, 0.3) is 0 Å². The Bertz CT molecular complexity index is 182. The second-order valence-corrected chi connectivity index (χ2v) is 3.70. The van der Waals surface area contributed by atoms with Crippen LogP contribution < -0.4 is 5.32 Å². The van der Waals surface area contributed by atoms with Gasteiger partial charge in [0.15, 0.2) is 0 Å². The van der Waals surface area contributed by atoms with Gasteiger partial charge in [0.05, 0.1) is 6.61 Å². The average Bonchev–Trinajstić information content (AvgIpc) is 2.24. The molecule has 0 aromatic rings. The number of aliphatic carboxylic acids is 1. The van der Waals surface area contributed by atoms with Gasteiger partial charge in [0.2, 0.25) is 0 Å². The Labute approximate surface area is 90.4 Å². The molecule has 5 nitrogen and oxygen atoms in total. The molecule has 0 unspecified atom stereocenters. The van der Waals surface area contributed by atoms with E-state index in [-0.39, 0.29) is 6.42 Å². The molecule has 0 amide bonds. The molecular weight excluding hydrogens is 196 g/mol. The molecule has 1 heterocycles. The molecule has 1 aliphatic heterocycles. The van der Waals surface area contributed by atoms with Crippen LogP contribution in [-0.2, 0) is 9.53 Å². The molecule has 0 aliphatic carbocycles. The van der Waals surface area contributed by atoms with E-state index in [1.807, 2.05) is 0 Å². The first-order chi connectivity index (χ1) is 7.29. The van der Waals surface area contributed by atoms with Crippen LogP contribution >= 0.6 is 0 Å². The van der Waals surface area contributed by atoms with E-state index in [1.54, 1.807) is 0 Å². The van der Waals surface area contributed by atoms with Crippen molar-refractivity contribution in [1.82, 2.24) is 10.2 Å². The summed E-state index contributed by atoms with van der Waals surface area (Å²) in [4.78, 5) is 12.6. The smallest absolute Gasteiger partial charge is 0.303 e. The fraction of sp³-hybridized carbons (Fsp3) is 0.900. The first-order valence-corrected chi connectivity index (χ1v) is 5.51. The van der Waals surface area contributed by atoms with E-state index in [2.05, 4.69) is 10.2 Å². The number of nitrogens with one attached hydrogen (secondary N) is 1. The molecule has 0 atom stereocenters. The van der Waals surface area contributed by atoms with Crippen molar-refractivity contribution in [3.63, 3.8) is 0 Å². The first kappa shape index (κ1) is 12.4. The molecule has 0 radical (unpaired) electrons. The summed E-state index contributed by atoms with van der Waals surface area (Å²) in [6, 6.07) is 0. The number of piperazine rings is 1. The van der Waals surface area contributed by atoms with Gasteiger partial charge < -0.3 is 15.2 Å². The minimum atomic E-state index is -0.749.